The molecule has 0 saturated heterocycles. The van der Waals surface area contributed by atoms with Gasteiger partial charge in [-0.2, -0.15) is 0 Å². The molecule has 0 fully saturated rings. The first kappa shape index (κ1) is 17.1. The van der Waals surface area contributed by atoms with Gasteiger partial charge in [0.05, 0.1) is 14.2 Å². The fraction of sp³-hybridized carbons (Fsp3) is 0.294. The molecule has 2 rings (SSSR count). The molecule has 1 N–H and O–H groups in total. The van der Waals surface area contributed by atoms with E-state index in [1.54, 1.807) is 50.9 Å². The molecule has 5 nitrogen and oxygen atoms in total. The van der Waals surface area contributed by atoms with E-state index in [1.807, 2.05) is 0 Å². The fourth-order valence-electron chi connectivity index (χ4n) is 2.33. The quantitative estimate of drug-likeness (QED) is 0.787. The van der Waals surface area contributed by atoms with Gasteiger partial charge in [0.25, 0.3) is 5.91 Å². The highest BCUT2D eigenvalue weighted by Gasteiger charge is 2.19. The summed E-state index contributed by atoms with van der Waals surface area (Å²) in [7, 11) is 3.13. The molecule has 0 bridgehead atoms. The molecule has 0 spiro atoms. The molecule has 122 valence electrons. The van der Waals surface area contributed by atoms with Crippen LogP contribution in [0.4, 0.5) is 5.69 Å². The van der Waals surface area contributed by atoms with Crippen molar-refractivity contribution < 1.29 is 14.3 Å². The number of nitrogens with zero attached hydrogens (tertiary/aromatic N) is 1. The van der Waals surface area contributed by atoms with Gasteiger partial charge in [-0.05, 0) is 37.1 Å². The number of nitrogens with one attached hydrogen (secondary N) is 1. The number of hydrogen-bond acceptors (Lipinski definition) is 4. The predicted molar refractivity (Wildman–Crippen MR) is 90.8 cm³/mol. The number of anilines is 1. The first-order valence-corrected chi connectivity index (χ1v) is 7.76. The van der Waals surface area contributed by atoms with Crippen LogP contribution < -0.4 is 14.8 Å². The number of carbonyl (C=O) groups is 1. The molecule has 1 heterocycles. The topological polar surface area (TPSA) is 60.5 Å². The second-order valence-corrected chi connectivity index (χ2v) is 5.19. The highest BCUT2D eigenvalue weighted by Crippen LogP contribution is 2.34. The summed E-state index contributed by atoms with van der Waals surface area (Å²) in [6, 6.07) is 6.93. The minimum atomic E-state index is -0.207. The van der Waals surface area contributed by atoms with Gasteiger partial charge in [0.1, 0.15) is 0 Å². The summed E-state index contributed by atoms with van der Waals surface area (Å²) in [6.07, 6.45) is 4.61. The zero-order valence-electron chi connectivity index (χ0n) is 13.1. The number of rotatable bonds is 7. The molecular formula is C17H19ClN2O3. The van der Waals surface area contributed by atoms with Crippen molar-refractivity contribution in [3.63, 3.8) is 0 Å². The number of ether oxygens (including phenoxy) is 2. The number of benzene rings is 1. The van der Waals surface area contributed by atoms with Crippen LogP contribution in [0.5, 0.6) is 11.5 Å². The Hall–Kier alpha value is -2.27. The van der Waals surface area contributed by atoms with Gasteiger partial charge in [-0.15, -0.1) is 11.6 Å². The van der Waals surface area contributed by atoms with E-state index in [1.165, 1.54) is 0 Å². The number of halogens is 1. The third-order valence-electron chi connectivity index (χ3n) is 3.39. The molecular weight excluding hydrogens is 316 g/mol. The maximum Gasteiger partial charge on any atom is 0.256 e. The van der Waals surface area contributed by atoms with Crippen LogP contribution >= 0.6 is 11.6 Å². The Labute approximate surface area is 140 Å². The first-order chi connectivity index (χ1) is 11.2. The van der Waals surface area contributed by atoms with E-state index in [4.69, 9.17) is 21.1 Å². The van der Waals surface area contributed by atoms with Crippen LogP contribution in [0.2, 0.25) is 0 Å². The van der Waals surface area contributed by atoms with E-state index < -0.39 is 0 Å². The van der Waals surface area contributed by atoms with Crippen molar-refractivity contribution in [1.82, 2.24) is 4.98 Å². The summed E-state index contributed by atoms with van der Waals surface area (Å²) < 4.78 is 10.8. The lowest BCUT2D eigenvalue weighted by Gasteiger charge is -2.16. The summed E-state index contributed by atoms with van der Waals surface area (Å²) in [5, 5.41) is 2.86. The highest BCUT2D eigenvalue weighted by molar-refractivity contribution is 6.17. The third kappa shape index (κ3) is 4.13. The van der Waals surface area contributed by atoms with Gasteiger partial charge >= 0.3 is 0 Å². The molecule has 0 aliphatic heterocycles. The largest absolute Gasteiger partial charge is 0.493 e. The van der Waals surface area contributed by atoms with E-state index >= 15 is 0 Å². The van der Waals surface area contributed by atoms with Crippen molar-refractivity contribution in [3.05, 3.63) is 47.8 Å². The molecule has 0 aliphatic carbocycles. The van der Waals surface area contributed by atoms with Gasteiger partial charge in [-0.1, -0.05) is 0 Å². The summed E-state index contributed by atoms with van der Waals surface area (Å²) >= 11 is 5.80. The van der Waals surface area contributed by atoms with Crippen molar-refractivity contribution in [3.8, 4) is 11.5 Å². The molecule has 0 saturated carbocycles. The van der Waals surface area contributed by atoms with Crippen molar-refractivity contribution in [2.45, 2.75) is 12.8 Å². The van der Waals surface area contributed by atoms with Gasteiger partial charge in [0.15, 0.2) is 11.5 Å². The van der Waals surface area contributed by atoms with Gasteiger partial charge in [0, 0.05) is 35.1 Å². The Balaban J connectivity index is 2.37. The lowest BCUT2D eigenvalue weighted by atomic mass is 10.0. The number of alkyl halides is 1. The number of aromatic nitrogens is 1. The minimum absolute atomic E-state index is 0.207. The Morgan fingerprint density at radius 3 is 2.52 bits per heavy atom. The number of carbonyl (C=O) groups excluding carboxylic acids is 1. The molecule has 1 aromatic heterocycles. The predicted octanol–water partition coefficient (Wildman–Crippen LogP) is 3.52. The Morgan fingerprint density at radius 2 is 1.91 bits per heavy atom. The smallest absolute Gasteiger partial charge is 0.256 e. The number of pyridine rings is 1. The molecule has 0 radical (unpaired) electrons. The molecule has 1 amide bonds. The van der Waals surface area contributed by atoms with E-state index in [2.05, 4.69) is 10.3 Å². The first-order valence-electron chi connectivity index (χ1n) is 7.22. The van der Waals surface area contributed by atoms with Crippen LogP contribution in [0.15, 0.2) is 36.7 Å². The number of methoxy groups -OCH3 is 2. The molecule has 23 heavy (non-hydrogen) atoms. The standard InChI is InChI=1S/C17H19ClN2O3/c1-22-15-6-5-14(13(4-3-9-18)16(15)23-2)17(21)20-12-7-10-19-11-8-12/h5-8,10-11H,3-4,9H2,1-2H3,(H,19,20,21). The zero-order chi connectivity index (χ0) is 16.7. The summed E-state index contributed by atoms with van der Waals surface area (Å²) in [5.41, 5.74) is 2.02. The van der Waals surface area contributed by atoms with Gasteiger partial charge < -0.3 is 14.8 Å². The maximum atomic E-state index is 12.6. The normalized spacial score (nSPS) is 10.2. The van der Waals surface area contributed by atoms with Crippen LogP contribution in [-0.2, 0) is 6.42 Å². The summed E-state index contributed by atoms with van der Waals surface area (Å²) in [4.78, 5) is 16.5. The number of amides is 1. The van der Waals surface area contributed by atoms with Crippen molar-refractivity contribution in [2.75, 3.05) is 25.4 Å². The van der Waals surface area contributed by atoms with E-state index in [-0.39, 0.29) is 5.91 Å². The molecule has 0 aliphatic rings. The monoisotopic (exact) mass is 334 g/mol. The second kappa shape index (κ2) is 8.39. The van der Waals surface area contributed by atoms with Crippen molar-refractivity contribution in [1.29, 1.82) is 0 Å². The van der Waals surface area contributed by atoms with Crippen molar-refractivity contribution in [2.24, 2.45) is 0 Å². The minimum Gasteiger partial charge on any atom is -0.493 e. The van der Waals surface area contributed by atoms with Crippen LogP contribution in [0.1, 0.15) is 22.3 Å². The molecule has 2 aromatic rings. The Kier molecular flexibility index (Phi) is 6.23. The van der Waals surface area contributed by atoms with Gasteiger partial charge in [-0.3, -0.25) is 9.78 Å². The van der Waals surface area contributed by atoms with Crippen LogP contribution in [0.3, 0.4) is 0 Å². The van der Waals surface area contributed by atoms with E-state index in [9.17, 15) is 4.79 Å². The summed E-state index contributed by atoms with van der Waals surface area (Å²) in [5.74, 6) is 1.46. The fourth-order valence-corrected chi connectivity index (χ4v) is 2.46. The lowest BCUT2D eigenvalue weighted by Crippen LogP contribution is -2.15. The Bertz CT molecular complexity index is 662. The Morgan fingerprint density at radius 1 is 1.17 bits per heavy atom. The zero-order valence-corrected chi connectivity index (χ0v) is 13.9. The lowest BCUT2D eigenvalue weighted by molar-refractivity contribution is 0.102. The second-order valence-electron chi connectivity index (χ2n) is 4.81. The van der Waals surface area contributed by atoms with Crippen LogP contribution in [0, 0.1) is 0 Å². The molecule has 0 atom stereocenters. The number of hydrogen-bond donors (Lipinski definition) is 1. The third-order valence-corrected chi connectivity index (χ3v) is 3.66. The highest BCUT2D eigenvalue weighted by atomic mass is 35.5. The maximum absolute atomic E-state index is 12.6. The molecule has 1 aromatic carbocycles. The van der Waals surface area contributed by atoms with E-state index in [0.717, 1.165) is 12.0 Å². The average molecular weight is 335 g/mol. The van der Waals surface area contributed by atoms with Crippen LogP contribution in [-0.4, -0.2) is 31.0 Å². The van der Waals surface area contributed by atoms with Crippen LogP contribution in [0.25, 0.3) is 0 Å². The molecule has 0 unspecified atom stereocenters. The molecule has 6 heteroatoms. The SMILES string of the molecule is COc1ccc(C(=O)Nc2ccncc2)c(CCCCl)c1OC. The van der Waals surface area contributed by atoms with E-state index in [0.29, 0.717) is 35.1 Å². The summed E-state index contributed by atoms with van der Waals surface area (Å²) in [6.45, 7) is 0. The van der Waals surface area contributed by atoms with Gasteiger partial charge in [0.2, 0.25) is 0 Å². The van der Waals surface area contributed by atoms with Crippen molar-refractivity contribution >= 4 is 23.2 Å². The average Bonchev–Trinajstić information content (AvgIpc) is 2.59. The van der Waals surface area contributed by atoms with Gasteiger partial charge in [-0.25, -0.2) is 0 Å².